The molecule has 2 aliphatic rings. The molecule has 0 spiro atoms. The molecule has 0 bridgehead atoms. The number of rotatable bonds is 8. The Balaban J connectivity index is 1.48. The highest BCUT2D eigenvalue weighted by Gasteiger charge is 2.27. The number of hydrogen-bond acceptors (Lipinski definition) is 3. The quantitative estimate of drug-likeness (QED) is 0.711. The van der Waals surface area contributed by atoms with Crippen LogP contribution in [0.3, 0.4) is 0 Å². The van der Waals surface area contributed by atoms with E-state index in [0.29, 0.717) is 19.3 Å². The van der Waals surface area contributed by atoms with Gasteiger partial charge in [-0.05, 0) is 62.8 Å². The number of ether oxygens (including phenoxy) is 1. The summed E-state index contributed by atoms with van der Waals surface area (Å²) in [7, 11) is 0. The van der Waals surface area contributed by atoms with E-state index in [1.54, 1.807) is 0 Å². The number of aliphatic hydroxyl groups is 1. The Morgan fingerprint density at radius 1 is 1.11 bits per heavy atom. The lowest BCUT2D eigenvalue weighted by molar-refractivity contribution is -0.0279. The second kappa shape index (κ2) is 7.61. The molecule has 2 saturated carbocycles. The molecular formula is C16H31NO2. The molecule has 2 atom stereocenters. The van der Waals surface area contributed by atoms with Gasteiger partial charge in [-0.15, -0.1) is 0 Å². The summed E-state index contributed by atoms with van der Waals surface area (Å²) in [5, 5.41) is 13.3. The highest BCUT2D eigenvalue weighted by molar-refractivity contribution is 4.80. The van der Waals surface area contributed by atoms with Gasteiger partial charge >= 0.3 is 0 Å². The fraction of sp³-hybridized carbons (Fsp3) is 1.00. The van der Waals surface area contributed by atoms with Gasteiger partial charge in [0.15, 0.2) is 0 Å². The Morgan fingerprint density at radius 2 is 1.79 bits per heavy atom. The second-order valence-electron chi connectivity index (χ2n) is 6.84. The van der Waals surface area contributed by atoms with Crippen molar-refractivity contribution < 1.29 is 9.84 Å². The van der Waals surface area contributed by atoms with Crippen LogP contribution in [-0.4, -0.2) is 37.0 Å². The topological polar surface area (TPSA) is 41.5 Å². The molecule has 2 N–H and O–H groups in total. The molecule has 0 aromatic heterocycles. The maximum absolute atomic E-state index is 9.91. The van der Waals surface area contributed by atoms with Crippen LogP contribution in [-0.2, 0) is 4.74 Å². The average molecular weight is 269 g/mol. The maximum Gasteiger partial charge on any atom is 0.0897 e. The number of nitrogens with one attached hydrogen (secondary N) is 1. The van der Waals surface area contributed by atoms with E-state index in [1.165, 1.54) is 38.5 Å². The van der Waals surface area contributed by atoms with Crippen molar-refractivity contribution in [1.82, 2.24) is 5.32 Å². The van der Waals surface area contributed by atoms with Crippen LogP contribution < -0.4 is 5.32 Å². The van der Waals surface area contributed by atoms with E-state index in [-0.39, 0.29) is 6.10 Å². The van der Waals surface area contributed by atoms with E-state index in [1.807, 2.05) is 0 Å². The molecule has 0 aromatic rings. The van der Waals surface area contributed by atoms with Crippen LogP contribution in [0.1, 0.15) is 52.4 Å². The van der Waals surface area contributed by atoms with Crippen LogP contribution >= 0.6 is 0 Å². The summed E-state index contributed by atoms with van der Waals surface area (Å²) >= 11 is 0. The Kier molecular flexibility index (Phi) is 6.11. The smallest absolute Gasteiger partial charge is 0.0897 e. The summed E-state index contributed by atoms with van der Waals surface area (Å²) in [6, 6.07) is 0. The van der Waals surface area contributed by atoms with Crippen LogP contribution in [0.15, 0.2) is 0 Å². The summed E-state index contributed by atoms with van der Waals surface area (Å²) in [4.78, 5) is 0. The monoisotopic (exact) mass is 269 g/mol. The zero-order valence-corrected chi connectivity index (χ0v) is 12.6. The van der Waals surface area contributed by atoms with Gasteiger partial charge in [0.1, 0.15) is 0 Å². The van der Waals surface area contributed by atoms with Gasteiger partial charge in [-0.2, -0.15) is 0 Å². The van der Waals surface area contributed by atoms with Gasteiger partial charge in [0.2, 0.25) is 0 Å². The first kappa shape index (κ1) is 15.3. The molecule has 2 aliphatic carbocycles. The number of hydrogen-bond donors (Lipinski definition) is 2. The molecule has 3 nitrogen and oxygen atoms in total. The SMILES string of the molecule is CC1CCC(OCC(O)CNCC(C)C2CC2)CC1. The molecule has 2 unspecified atom stereocenters. The van der Waals surface area contributed by atoms with Gasteiger partial charge in [0.05, 0.1) is 18.8 Å². The van der Waals surface area contributed by atoms with E-state index >= 15 is 0 Å². The van der Waals surface area contributed by atoms with Gasteiger partial charge < -0.3 is 15.2 Å². The third kappa shape index (κ3) is 5.80. The highest BCUT2D eigenvalue weighted by Crippen LogP contribution is 2.36. The normalized spacial score (nSPS) is 31.1. The van der Waals surface area contributed by atoms with E-state index in [2.05, 4.69) is 19.2 Å². The van der Waals surface area contributed by atoms with Gasteiger partial charge in [0, 0.05) is 6.54 Å². The number of aliphatic hydroxyl groups excluding tert-OH is 1. The minimum atomic E-state index is -0.356. The third-order valence-corrected chi connectivity index (χ3v) is 4.76. The molecule has 112 valence electrons. The molecule has 0 saturated heterocycles. The summed E-state index contributed by atoms with van der Waals surface area (Å²) in [6.45, 7) is 6.81. The highest BCUT2D eigenvalue weighted by atomic mass is 16.5. The summed E-state index contributed by atoms with van der Waals surface area (Å²) in [6.07, 6.45) is 7.71. The first-order valence-electron chi connectivity index (χ1n) is 8.15. The fourth-order valence-corrected chi connectivity index (χ4v) is 3.01. The lowest BCUT2D eigenvalue weighted by Gasteiger charge is -2.27. The first-order chi connectivity index (χ1) is 9.15. The zero-order valence-electron chi connectivity index (χ0n) is 12.6. The van der Waals surface area contributed by atoms with Gasteiger partial charge in [-0.25, -0.2) is 0 Å². The second-order valence-corrected chi connectivity index (χ2v) is 6.84. The molecular weight excluding hydrogens is 238 g/mol. The van der Waals surface area contributed by atoms with Gasteiger partial charge in [-0.1, -0.05) is 13.8 Å². The molecule has 0 heterocycles. The average Bonchev–Trinajstić information content (AvgIpc) is 3.22. The molecule has 19 heavy (non-hydrogen) atoms. The largest absolute Gasteiger partial charge is 0.389 e. The van der Waals surface area contributed by atoms with E-state index < -0.39 is 0 Å². The van der Waals surface area contributed by atoms with Crippen LogP contribution in [0.2, 0.25) is 0 Å². The van der Waals surface area contributed by atoms with Gasteiger partial charge in [-0.3, -0.25) is 0 Å². The van der Waals surface area contributed by atoms with Crippen molar-refractivity contribution in [1.29, 1.82) is 0 Å². The first-order valence-corrected chi connectivity index (χ1v) is 8.15. The van der Waals surface area contributed by atoms with Crippen molar-refractivity contribution in [3.8, 4) is 0 Å². The molecule has 0 radical (unpaired) electrons. The van der Waals surface area contributed by atoms with E-state index in [4.69, 9.17) is 4.74 Å². The van der Waals surface area contributed by atoms with Crippen molar-refractivity contribution in [3.63, 3.8) is 0 Å². The molecule has 3 heteroatoms. The van der Waals surface area contributed by atoms with Crippen LogP contribution in [0.4, 0.5) is 0 Å². The van der Waals surface area contributed by atoms with Crippen LogP contribution in [0, 0.1) is 17.8 Å². The molecule has 2 fully saturated rings. The lowest BCUT2D eigenvalue weighted by Crippen LogP contribution is -2.35. The van der Waals surface area contributed by atoms with Crippen molar-refractivity contribution in [2.45, 2.75) is 64.6 Å². The van der Waals surface area contributed by atoms with Crippen LogP contribution in [0.5, 0.6) is 0 Å². The third-order valence-electron chi connectivity index (χ3n) is 4.76. The minimum Gasteiger partial charge on any atom is -0.389 e. The Morgan fingerprint density at radius 3 is 2.42 bits per heavy atom. The predicted octanol–water partition coefficient (Wildman–Crippen LogP) is 2.58. The summed E-state index contributed by atoms with van der Waals surface area (Å²) in [5.41, 5.74) is 0. The fourth-order valence-electron chi connectivity index (χ4n) is 3.01. The molecule has 0 amide bonds. The Labute approximate surface area is 118 Å². The zero-order chi connectivity index (χ0) is 13.7. The lowest BCUT2D eigenvalue weighted by atomic mass is 9.89. The van der Waals surface area contributed by atoms with E-state index in [9.17, 15) is 5.11 Å². The van der Waals surface area contributed by atoms with Crippen molar-refractivity contribution in [2.24, 2.45) is 17.8 Å². The molecule has 0 aromatic carbocycles. The Hall–Kier alpha value is -0.120. The predicted molar refractivity (Wildman–Crippen MR) is 78.1 cm³/mol. The van der Waals surface area contributed by atoms with Gasteiger partial charge in [0.25, 0.3) is 0 Å². The van der Waals surface area contributed by atoms with E-state index in [0.717, 1.165) is 24.3 Å². The molecule has 0 aliphatic heterocycles. The summed E-state index contributed by atoms with van der Waals surface area (Å²) in [5.74, 6) is 2.55. The molecule has 2 rings (SSSR count). The van der Waals surface area contributed by atoms with Crippen molar-refractivity contribution in [2.75, 3.05) is 19.7 Å². The summed E-state index contributed by atoms with van der Waals surface area (Å²) < 4.78 is 5.82. The van der Waals surface area contributed by atoms with Crippen molar-refractivity contribution >= 4 is 0 Å². The minimum absolute atomic E-state index is 0.356. The van der Waals surface area contributed by atoms with Crippen LogP contribution in [0.25, 0.3) is 0 Å². The standard InChI is InChI=1S/C16H31NO2/c1-12-3-7-16(8-4-12)19-11-15(18)10-17-9-13(2)14-5-6-14/h12-18H,3-11H2,1-2H3. The maximum atomic E-state index is 9.91. The van der Waals surface area contributed by atoms with Crippen molar-refractivity contribution in [3.05, 3.63) is 0 Å². The Bertz CT molecular complexity index is 247.